The van der Waals surface area contributed by atoms with Crippen LogP contribution in [0.5, 0.6) is 5.75 Å². The maximum absolute atomic E-state index is 5.94. The van der Waals surface area contributed by atoms with Crippen LogP contribution in [-0.4, -0.2) is 6.61 Å². The SMILES string of the molecule is C=CCCCCCOc1cc(C)ccc1[C@H](C)N. The number of benzene rings is 1. The van der Waals surface area contributed by atoms with Crippen molar-refractivity contribution in [2.75, 3.05) is 6.61 Å². The lowest BCUT2D eigenvalue weighted by Crippen LogP contribution is -2.09. The highest BCUT2D eigenvalue weighted by molar-refractivity contribution is 5.38. The molecule has 0 spiro atoms. The fourth-order valence-electron chi connectivity index (χ4n) is 1.89. The van der Waals surface area contributed by atoms with Gasteiger partial charge in [0.25, 0.3) is 0 Å². The van der Waals surface area contributed by atoms with E-state index < -0.39 is 0 Å². The molecular formula is C16H25NO. The zero-order valence-corrected chi connectivity index (χ0v) is 11.6. The summed E-state index contributed by atoms with van der Waals surface area (Å²) in [6, 6.07) is 6.23. The lowest BCUT2D eigenvalue weighted by atomic mass is 10.1. The van der Waals surface area contributed by atoms with Crippen molar-refractivity contribution in [1.82, 2.24) is 0 Å². The zero-order chi connectivity index (χ0) is 13.4. The van der Waals surface area contributed by atoms with Crippen LogP contribution in [0.3, 0.4) is 0 Å². The second kappa shape index (κ2) is 7.93. The van der Waals surface area contributed by atoms with Crippen LogP contribution in [0.25, 0.3) is 0 Å². The van der Waals surface area contributed by atoms with Gasteiger partial charge in [0.2, 0.25) is 0 Å². The molecule has 0 heterocycles. The Kier molecular flexibility index (Phi) is 6.51. The Balaban J connectivity index is 2.45. The number of hydrogen-bond acceptors (Lipinski definition) is 2. The van der Waals surface area contributed by atoms with Crippen LogP contribution >= 0.6 is 0 Å². The summed E-state index contributed by atoms with van der Waals surface area (Å²) in [6.45, 7) is 8.54. The summed E-state index contributed by atoms with van der Waals surface area (Å²) < 4.78 is 5.85. The van der Waals surface area contributed by atoms with Gasteiger partial charge in [0, 0.05) is 11.6 Å². The molecule has 0 amide bonds. The molecular weight excluding hydrogens is 222 g/mol. The molecule has 0 saturated heterocycles. The van der Waals surface area contributed by atoms with Gasteiger partial charge in [-0.3, -0.25) is 0 Å². The average molecular weight is 247 g/mol. The van der Waals surface area contributed by atoms with Crippen LogP contribution < -0.4 is 10.5 Å². The van der Waals surface area contributed by atoms with Crippen molar-refractivity contribution in [3.63, 3.8) is 0 Å². The van der Waals surface area contributed by atoms with Gasteiger partial charge >= 0.3 is 0 Å². The molecule has 2 N–H and O–H groups in total. The van der Waals surface area contributed by atoms with Gasteiger partial charge < -0.3 is 10.5 Å². The van der Waals surface area contributed by atoms with Crippen LogP contribution in [-0.2, 0) is 0 Å². The Bertz CT molecular complexity index is 371. The van der Waals surface area contributed by atoms with Gasteiger partial charge in [0.15, 0.2) is 0 Å². The molecule has 0 aromatic heterocycles. The van der Waals surface area contributed by atoms with E-state index in [1.54, 1.807) is 0 Å². The third-order valence-electron chi connectivity index (χ3n) is 2.97. The highest BCUT2D eigenvalue weighted by atomic mass is 16.5. The highest BCUT2D eigenvalue weighted by Gasteiger charge is 2.07. The molecule has 1 aromatic carbocycles. The third kappa shape index (κ3) is 4.92. The summed E-state index contributed by atoms with van der Waals surface area (Å²) in [7, 11) is 0. The molecule has 0 radical (unpaired) electrons. The van der Waals surface area contributed by atoms with E-state index in [0.29, 0.717) is 0 Å². The minimum absolute atomic E-state index is 0.0152. The van der Waals surface area contributed by atoms with Crippen molar-refractivity contribution in [1.29, 1.82) is 0 Å². The van der Waals surface area contributed by atoms with E-state index in [1.807, 2.05) is 13.0 Å². The van der Waals surface area contributed by atoms with Gasteiger partial charge in [-0.1, -0.05) is 18.2 Å². The summed E-state index contributed by atoms with van der Waals surface area (Å²) in [4.78, 5) is 0. The number of unbranched alkanes of at least 4 members (excludes halogenated alkanes) is 3. The number of aryl methyl sites for hydroxylation is 1. The van der Waals surface area contributed by atoms with E-state index in [-0.39, 0.29) is 6.04 Å². The number of allylic oxidation sites excluding steroid dienone is 1. The zero-order valence-electron chi connectivity index (χ0n) is 11.6. The first-order valence-corrected chi connectivity index (χ1v) is 6.75. The second-order valence-corrected chi connectivity index (χ2v) is 4.82. The Labute approximate surface area is 111 Å². The molecule has 1 rings (SSSR count). The Morgan fingerprint density at radius 1 is 1.33 bits per heavy atom. The molecule has 0 unspecified atom stereocenters. The first kappa shape index (κ1) is 14.8. The quantitative estimate of drug-likeness (QED) is 0.553. The molecule has 0 aliphatic carbocycles. The van der Waals surface area contributed by atoms with Crippen LogP contribution in [0.4, 0.5) is 0 Å². The maximum atomic E-state index is 5.94. The molecule has 0 aliphatic rings. The summed E-state index contributed by atoms with van der Waals surface area (Å²) in [6.07, 6.45) is 6.53. The fourth-order valence-corrected chi connectivity index (χ4v) is 1.89. The topological polar surface area (TPSA) is 35.2 Å². The lowest BCUT2D eigenvalue weighted by Gasteiger charge is -2.14. The third-order valence-corrected chi connectivity index (χ3v) is 2.97. The van der Waals surface area contributed by atoms with Crippen LogP contribution in [0.1, 0.15) is 49.8 Å². The van der Waals surface area contributed by atoms with Crippen molar-refractivity contribution in [3.8, 4) is 5.75 Å². The smallest absolute Gasteiger partial charge is 0.124 e. The van der Waals surface area contributed by atoms with Gasteiger partial charge in [0.05, 0.1) is 6.61 Å². The largest absolute Gasteiger partial charge is 0.493 e. The van der Waals surface area contributed by atoms with Crippen molar-refractivity contribution in [2.24, 2.45) is 5.73 Å². The Morgan fingerprint density at radius 2 is 2.11 bits per heavy atom. The Hall–Kier alpha value is -1.28. The standard InChI is InChI=1S/C16H25NO/c1-4-5-6-7-8-11-18-16-12-13(2)9-10-15(16)14(3)17/h4,9-10,12,14H,1,5-8,11,17H2,2-3H3/t14-/m0/s1. The summed E-state index contributed by atoms with van der Waals surface area (Å²) in [5, 5.41) is 0. The minimum Gasteiger partial charge on any atom is -0.493 e. The van der Waals surface area contributed by atoms with Crippen LogP contribution in [0.2, 0.25) is 0 Å². The molecule has 2 heteroatoms. The Morgan fingerprint density at radius 3 is 2.78 bits per heavy atom. The number of hydrogen-bond donors (Lipinski definition) is 1. The fraction of sp³-hybridized carbons (Fsp3) is 0.500. The van der Waals surface area contributed by atoms with Crippen molar-refractivity contribution < 1.29 is 4.74 Å². The monoisotopic (exact) mass is 247 g/mol. The maximum Gasteiger partial charge on any atom is 0.124 e. The molecule has 18 heavy (non-hydrogen) atoms. The molecule has 1 atom stereocenters. The van der Waals surface area contributed by atoms with Crippen molar-refractivity contribution >= 4 is 0 Å². The molecule has 1 aromatic rings. The van der Waals surface area contributed by atoms with Crippen molar-refractivity contribution in [3.05, 3.63) is 42.0 Å². The highest BCUT2D eigenvalue weighted by Crippen LogP contribution is 2.25. The number of rotatable bonds is 8. The summed E-state index contributed by atoms with van der Waals surface area (Å²) in [5.41, 5.74) is 8.24. The van der Waals surface area contributed by atoms with Crippen LogP contribution in [0, 0.1) is 6.92 Å². The predicted octanol–water partition coefficient (Wildman–Crippen LogP) is 4.14. The molecule has 0 saturated carbocycles. The first-order chi connectivity index (χ1) is 8.65. The normalized spacial score (nSPS) is 12.2. The molecule has 0 bridgehead atoms. The van der Waals surface area contributed by atoms with Gasteiger partial charge in [-0.05, 0) is 51.2 Å². The average Bonchev–Trinajstić information content (AvgIpc) is 2.33. The van der Waals surface area contributed by atoms with E-state index in [1.165, 1.54) is 18.4 Å². The second-order valence-electron chi connectivity index (χ2n) is 4.82. The predicted molar refractivity (Wildman–Crippen MR) is 77.9 cm³/mol. The summed E-state index contributed by atoms with van der Waals surface area (Å²) in [5.74, 6) is 0.939. The van der Waals surface area contributed by atoms with E-state index >= 15 is 0 Å². The van der Waals surface area contributed by atoms with E-state index in [2.05, 4.69) is 31.7 Å². The van der Waals surface area contributed by atoms with E-state index in [0.717, 1.165) is 30.8 Å². The van der Waals surface area contributed by atoms with E-state index in [4.69, 9.17) is 10.5 Å². The molecule has 2 nitrogen and oxygen atoms in total. The molecule has 0 fully saturated rings. The first-order valence-electron chi connectivity index (χ1n) is 6.75. The number of ether oxygens (including phenoxy) is 1. The van der Waals surface area contributed by atoms with Gasteiger partial charge in [0.1, 0.15) is 5.75 Å². The molecule has 0 aliphatic heterocycles. The lowest BCUT2D eigenvalue weighted by molar-refractivity contribution is 0.301. The van der Waals surface area contributed by atoms with Gasteiger partial charge in [-0.15, -0.1) is 6.58 Å². The van der Waals surface area contributed by atoms with Gasteiger partial charge in [-0.25, -0.2) is 0 Å². The minimum atomic E-state index is 0.0152. The van der Waals surface area contributed by atoms with E-state index in [9.17, 15) is 0 Å². The molecule has 100 valence electrons. The summed E-state index contributed by atoms with van der Waals surface area (Å²) >= 11 is 0. The van der Waals surface area contributed by atoms with Crippen molar-refractivity contribution in [2.45, 2.75) is 45.6 Å². The van der Waals surface area contributed by atoms with Gasteiger partial charge in [-0.2, -0.15) is 0 Å². The number of nitrogens with two attached hydrogens (primary N) is 1. The van der Waals surface area contributed by atoms with Crippen LogP contribution in [0.15, 0.2) is 30.9 Å².